The van der Waals surface area contributed by atoms with E-state index in [4.69, 9.17) is 5.73 Å². The van der Waals surface area contributed by atoms with Crippen LogP contribution in [-0.2, 0) is 21.1 Å². The summed E-state index contributed by atoms with van der Waals surface area (Å²) in [4.78, 5) is 0. The molecule has 0 fully saturated rings. The molecule has 1 nitrogen and oxygen atoms in total. The van der Waals surface area contributed by atoms with Gasteiger partial charge in [0, 0.05) is 0 Å². The minimum Gasteiger partial charge on any atom is -0.679 e. The minimum absolute atomic E-state index is 0. The summed E-state index contributed by atoms with van der Waals surface area (Å²) < 4.78 is 0. The van der Waals surface area contributed by atoms with Crippen molar-refractivity contribution in [2.24, 2.45) is 0 Å². The maximum Gasteiger partial charge on any atom is 4.00 e. The van der Waals surface area contributed by atoms with Crippen molar-refractivity contribution in [1.82, 2.24) is 0 Å². The molecule has 0 atom stereocenters. The van der Waals surface area contributed by atoms with E-state index in [1.165, 1.54) is 0 Å². The van der Waals surface area contributed by atoms with Crippen LogP contribution >= 0.6 is 0 Å². The first-order chi connectivity index (χ1) is 1.91. The zero-order chi connectivity index (χ0) is 3.41. The van der Waals surface area contributed by atoms with Gasteiger partial charge in [-0.3, -0.25) is 0 Å². The molecule has 0 aliphatic heterocycles. The standard InChI is InChI=1S/C3H7N.2CH3.Pt/c1-2-3-4;;;/h4H,1-3H2;2*1H3;/q-2;2*-1;+4. The van der Waals surface area contributed by atoms with Gasteiger partial charge in [-0.25, -0.2) is 6.42 Å². The van der Waals surface area contributed by atoms with Crippen LogP contribution in [0.15, 0.2) is 0 Å². The third kappa shape index (κ3) is 52.9. The maximum atomic E-state index is 6.39. The Kier molecular flexibility index (Phi) is 110. The Morgan fingerprint density at radius 2 is 1.43 bits per heavy atom. The molecule has 48 valence electrons. The number of hydrogen-bond acceptors (Lipinski definition) is 0. The van der Waals surface area contributed by atoms with Gasteiger partial charge >= 0.3 is 21.1 Å². The van der Waals surface area contributed by atoms with Crippen LogP contribution < -0.4 is 0 Å². The Morgan fingerprint density at radius 1 is 1.29 bits per heavy atom. The van der Waals surface area contributed by atoms with E-state index in [1.54, 1.807) is 0 Å². The van der Waals surface area contributed by atoms with Crippen molar-refractivity contribution in [2.75, 3.05) is 6.54 Å². The van der Waals surface area contributed by atoms with Crippen molar-refractivity contribution >= 4 is 0 Å². The molecule has 0 aliphatic carbocycles. The van der Waals surface area contributed by atoms with Crippen LogP contribution in [0.1, 0.15) is 6.42 Å². The molecule has 0 aromatic carbocycles. The third-order valence-electron chi connectivity index (χ3n) is 0.177. The van der Waals surface area contributed by atoms with Crippen molar-refractivity contribution in [1.29, 1.82) is 0 Å². The fraction of sp³-hybridized carbons (Fsp3) is 0.400. The van der Waals surface area contributed by atoms with Crippen LogP contribution in [0.25, 0.3) is 5.73 Å². The summed E-state index contributed by atoms with van der Waals surface area (Å²) in [6.07, 6.45) is 0.736. The van der Waals surface area contributed by atoms with E-state index in [0.29, 0.717) is 6.54 Å². The van der Waals surface area contributed by atoms with Gasteiger partial charge in [-0.15, -0.1) is 0 Å². The molecule has 0 spiro atoms. The normalized spacial score (nSPS) is 4.29. The summed E-state index contributed by atoms with van der Waals surface area (Å²) in [6.45, 7) is 3.88. The monoisotopic (exact) mass is 282 g/mol. The van der Waals surface area contributed by atoms with Gasteiger partial charge in [0.2, 0.25) is 0 Å². The zero-order valence-corrected chi connectivity index (χ0v) is 7.21. The first-order valence-electron chi connectivity index (χ1n) is 1.35. The predicted molar refractivity (Wildman–Crippen MR) is 32.0 cm³/mol. The number of rotatable bonds is 1. The average Bonchev–Trinajstić information content (AvgIpc) is 1.37. The molecule has 0 aromatic rings. The Labute approximate surface area is 61.9 Å². The maximum absolute atomic E-state index is 6.39. The summed E-state index contributed by atoms with van der Waals surface area (Å²) in [5.74, 6) is 0. The third-order valence-corrected chi connectivity index (χ3v) is 0.177. The van der Waals surface area contributed by atoms with Gasteiger partial charge in [0.15, 0.2) is 0 Å². The Balaban J connectivity index is -0.0000000150. The summed E-state index contributed by atoms with van der Waals surface area (Å²) in [7, 11) is 0. The van der Waals surface area contributed by atoms with Crippen LogP contribution in [0, 0.1) is 21.8 Å². The van der Waals surface area contributed by atoms with Crippen LogP contribution in [0.3, 0.4) is 0 Å². The molecule has 0 amide bonds. The predicted octanol–water partition coefficient (Wildman–Crippen LogP) is 2.16. The molecule has 0 saturated heterocycles. The largest absolute Gasteiger partial charge is 4.00 e. The molecule has 0 radical (unpaired) electrons. The van der Waals surface area contributed by atoms with Crippen molar-refractivity contribution in [2.45, 2.75) is 6.42 Å². The smallest absolute Gasteiger partial charge is 0.679 e. The Morgan fingerprint density at radius 3 is 1.43 bits per heavy atom. The van der Waals surface area contributed by atoms with Crippen molar-refractivity contribution < 1.29 is 21.1 Å². The molecular formula is C5H13NPt. The molecule has 0 rings (SSSR count). The quantitative estimate of drug-likeness (QED) is 0.658. The molecule has 0 bridgehead atoms. The Hall–Kier alpha value is 0.648. The average molecular weight is 282 g/mol. The van der Waals surface area contributed by atoms with Gasteiger partial charge in [0.1, 0.15) is 0 Å². The van der Waals surface area contributed by atoms with Gasteiger partial charge in [-0.1, -0.05) is 0 Å². The van der Waals surface area contributed by atoms with Gasteiger partial charge in [0.25, 0.3) is 0 Å². The molecule has 0 heterocycles. The minimum atomic E-state index is 0. The van der Waals surface area contributed by atoms with E-state index < -0.39 is 0 Å². The number of nitrogens with one attached hydrogen (secondary N) is 1. The van der Waals surface area contributed by atoms with E-state index in [1.807, 2.05) is 0 Å². The Bertz CT molecular complexity index is 10.0. The van der Waals surface area contributed by atoms with Crippen LogP contribution in [0.5, 0.6) is 0 Å². The first kappa shape index (κ1) is 25.4. The zero-order valence-electron chi connectivity index (χ0n) is 4.94. The molecule has 7 heavy (non-hydrogen) atoms. The molecule has 1 N–H and O–H groups in total. The van der Waals surface area contributed by atoms with Crippen LogP contribution in [0.2, 0.25) is 0 Å². The molecule has 2 heteroatoms. The SMILES string of the molecule is [CH2-]CC[NH-].[CH3-].[CH3-].[Pt+4]. The van der Waals surface area contributed by atoms with Gasteiger partial charge < -0.3 is 27.5 Å². The van der Waals surface area contributed by atoms with Crippen molar-refractivity contribution in [3.63, 3.8) is 0 Å². The van der Waals surface area contributed by atoms with E-state index >= 15 is 0 Å². The second-order valence-electron chi connectivity index (χ2n) is 0.604. The van der Waals surface area contributed by atoms with Crippen molar-refractivity contribution in [3.05, 3.63) is 27.5 Å². The molecule has 0 saturated carbocycles. The van der Waals surface area contributed by atoms with E-state index in [0.717, 1.165) is 6.42 Å². The summed E-state index contributed by atoms with van der Waals surface area (Å²) >= 11 is 0. The summed E-state index contributed by atoms with van der Waals surface area (Å²) in [6, 6.07) is 0. The fourth-order valence-electron chi connectivity index (χ4n) is 0. The molecule has 0 aromatic heterocycles. The molecule has 0 unspecified atom stereocenters. The second kappa shape index (κ2) is 30.2. The van der Waals surface area contributed by atoms with Gasteiger partial charge in [0.05, 0.1) is 0 Å². The van der Waals surface area contributed by atoms with E-state index in [-0.39, 0.29) is 35.9 Å². The van der Waals surface area contributed by atoms with Gasteiger partial charge in [-0.2, -0.15) is 6.54 Å². The number of hydrogen-bond donors (Lipinski definition) is 0. The fourth-order valence-corrected chi connectivity index (χ4v) is 0. The van der Waals surface area contributed by atoms with Crippen LogP contribution in [0.4, 0.5) is 0 Å². The van der Waals surface area contributed by atoms with E-state index in [9.17, 15) is 0 Å². The second-order valence-corrected chi connectivity index (χ2v) is 0.604. The first-order valence-corrected chi connectivity index (χ1v) is 1.35. The summed E-state index contributed by atoms with van der Waals surface area (Å²) in [5.41, 5.74) is 6.39. The molecule has 0 aliphatic rings. The topological polar surface area (TPSA) is 23.8 Å². The van der Waals surface area contributed by atoms with Gasteiger partial charge in [-0.05, 0) is 0 Å². The van der Waals surface area contributed by atoms with E-state index in [2.05, 4.69) is 6.92 Å². The van der Waals surface area contributed by atoms with Crippen molar-refractivity contribution in [3.8, 4) is 0 Å². The summed E-state index contributed by atoms with van der Waals surface area (Å²) in [5, 5.41) is 0. The molecular weight excluding hydrogens is 269 g/mol. The van der Waals surface area contributed by atoms with Crippen LogP contribution in [-0.4, -0.2) is 6.54 Å².